The Morgan fingerprint density at radius 1 is 1.08 bits per heavy atom. The molecule has 0 aliphatic rings. The summed E-state index contributed by atoms with van der Waals surface area (Å²) in [5, 5.41) is 4.86. The van der Waals surface area contributed by atoms with Crippen LogP contribution in [0.2, 0.25) is 5.02 Å². The fourth-order valence-electron chi connectivity index (χ4n) is 2.07. The maximum Gasteiger partial charge on any atom is 0.264 e. The monoisotopic (exact) mass is 370 g/mol. The molecule has 2 aromatic heterocycles. The zero-order chi connectivity index (χ0) is 18.3. The predicted molar refractivity (Wildman–Crippen MR) is 96.0 cm³/mol. The highest BCUT2D eigenvalue weighted by molar-refractivity contribution is 7.92. The van der Waals surface area contributed by atoms with E-state index in [4.69, 9.17) is 11.6 Å². The Morgan fingerprint density at radius 3 is 2.21 bits per heavy atom. The van der Waals surface area contributed by atoms with Gasteiger partial charge in [0.1, 0.15) is 10.7 Å². The number of aromatic nitrogens is 3. The van der Waals surface area contributed by atoms with E-state index in [0.29, 0.717) is 5.82 Å². The van der Waals surface area contributed by atoms with Gasteiger partial charge in [0.05, 0.1) is 16.3 Å². The van der Waals surface area contributed by atoms with Crippen molar-refractivity contribution >= 4 is 27.4 Å². The molecule has 0 fully saturated rings. The second kappa shape index (κ2) is 6.04. The molecule has 0 saturated heterocycles. The lowest BCUT2D eigenvalue weighted by Gasteiger charge is -2.23. The van der Waals surface area contributed by atoms with Crippen molar-refractivity contribution in [3.05, 3.63) is 35.2 Å². The summed E-state index contributed by atoms with van der Waals surface area (Å²) in [4.78, 5) is 3.84. The molecule has 24 heavy (non-hydrogen) atoms. The van der Waals surface area contributed by atoms with E-state index < -0.39 is 10.0 Å². The molecular weight excluding hydrogens is 348 g/mol. The average Bonchev–Trinajstić information content (AvgIpc) is 2.81. The minimum absolute atomic E-state index is 0.00830. The van der Waals surface area contributed by atoms with Gasteiger partial charge >= 0.3 is 0 Å². The van der Waals surface area contributed by atoms with Gasteiger partial charge in [-0.15, -0.1) is 0 Å². The molecule has 8 heteroatoms. The van der Waals surface area contributed by atoms with E-state index in [9.17, 15) is 8.42 Å². The van der Waals surface area contributed by atoms with Crippen molar-refractivity contribution in [3.8, 4) is 0 Å². The third-order valence-electron chi connectivity index (χ3n) is 3.34. The molecule has 2 heterocycles. The van der Waals surface area contributed by atoms with E-state index >= 15 is 0 Å². The molecule has 2 rings (SSSR count). The Morgan fingerprint density at radius 2 is 1.71 bits per heavy atom. The molecule has 0 radical (unpaired) electrons. The second-order valence-electron chi connectivity index (χ2n) is 7.69. The number of nitrogens with one attached hydrogen (secondary N) is 1. The van der Waals surface area contributed by atoms with Crippen molar-refractivity contribution in [3.63, 3.8) is 0 Å². The first-order chi connectivity index (χ1) is 10.8. The zero-order valence-electron chi connectivity index (χ0n) is 14.8. The molecule has 0 unspecified atom stereocenters. The highest BCUT2D eigenvalue weighted by atomic mass is 35.5. The van der Waals surface area contributed by atoms with Gasteiger partial charge in [0.25, 0.3) is 10.0 Å². The van der Waals surface area contributed by atoms with Crippen LogP contribution in [-0.4, -0.2) is 23.2 Å². The van der Waals surface area contributed by atoms with Crippen LogP contribution in [0.4, 0.5) is 5.82 Å². The Bertz CT molecular complexity index is 846. The Hall–Kier alpha value is -1.60. The minimum atomic E-state index is -3.81. The summed E-state index contributed by atoms with van der Waals surface area (Å²) in [6.07, 6.45) is 2.65. The number of halogens is 1. The Kier molecular flexibility index (Phi) is 4.71. The van der Waals surface area contributed by atoms with E-state index in [1.54, 1.807) is 10.7 Å². The third-order valence-corrected chi connectivity index (χ3v) is 4.87. The molecule has 0 saturated carbocycles. The summed E-state index contributed by atoms with van der Waals surface area (Å²) >= 11 is 5.85. The fraction of sp³-hybridized carbons (Fsp3) is 0.500. The number of sulfonamides is 1. The standard InChI is InChI=1S/C16H23ClN4O2S/c1-15(2,3)13-8-14(21(19-13)16(4,5)6)20-24(22,23)12-7-11(17)9-18-10-12/h7-10,20H,1-6H3. The van der Waals surface area contributed by atoms with Gasteiger partial charge in [0.15, 0.2) is 0 Å². The highest BCUT2D eigenvalue weighted by Crippen LogP contribution is 2.29. The lowest BCUT2D eigenvalue weighted by atomic mass is 9.92. The number of hydrogen-bond donors (Lipinski definition) is 1. The number of hydrogen-bond acceptors (Lipinski definition) is 4. The maximum atomic E-state index is 12.6. The van der Waals surface area contributed by atoms with Gasteiger partial charge in [-0.3, -0.25) is 9.71 Å². The van der Waals surface area contributed by atoms with Crippen LogP contribution in [-0.2, 0) is 21.0 Å². The van der Waals surface area contributed by atoms with Gasteiger partial charge in [-0.05, 0) is 26.8 Å². The molecule has 0 aromatic carbocycles. The number of anilines is 1. The molecule has 0 aliphatic carbocycles. The van der Waals surface area contributed by atoms with Crippen molar-refractivity contribution in [1.29, 1.82) is 0 Å². The molecule has 0 aliphatic heterocycles. The van der Waals surface area contributed by atoms with E-state index in [1.807, 2.05) is 41.5 Å². The quantitative estimate of drug-likeness (QED) is 0.891. The predicted octanol–water partition coefficient (Wildman–Crippen LogP) is 3.78. The van der Waals surface area contributed by atoms with Gasteiger partial charge in [-0.1, -0.05) is 32.4 Å². The molecule has 0 atom stereocenters. The van der Waals surface area contributed by atoms with Crippen molar-refractivity contribution in [2.45, 2.75) is 57.4 Å². The summed E-state index contributed by atoms with van der Waals surface area (Å²) in [5.41, 5.74) is 0.224. The lowest BCUT2D eigenvalue weighted by molar-refractivity contribution is 0.354. The zero-order valence-corrected chi connectivity index (χ0v) is 16.3. The van der Waals surface area contributed by atoms with Crippen LogP contribution in [0.15, 0.2) is 29.4 Å². The largest absolute Gasteiger partial charge is 0.264 e. The molecule has 0 amide bonds. The lowest BCUT2D eigenvalue weighted by Crippen LogP contribution is -2.27. The van der Waals surface area contributed by atoms with Crippen LogP contribution < -0.4 is 4.72 Å². The minimum Gasteiger partial charge on any atom is -0.263 e. The van der Waals surface area contributed by atoms with Crippen LogP contribution in [0.3, 0.4) is 0 Å². The maximum absolute atomic E-state index is 12.6. The Balaban J connectivity index is 2.50. The summed E-state index contributed by atoms with van der Waals surface area (Å²) in [7, 11) is -3.81. The van der Waals surface area contributed by atoms with Crippen LogP contribution >= 0.6 is 11.6 Å². The number of rotatable bonds is 3. The van der Waals surface area contributed by atoms with E-state index in [2.05, 4.69) is 14.8 Å². The summed E-state index contributed by atoms with van der Waals surface area (Å²) < 4.78 is 29.6. The molecule has 0 bridgehead atoms. The van der Waals surface area contributed by atoms with E-state index in [0.717, 1.165) is 5.69 Å². The third kappa shape index (κ3) is 4.08. The van der Waals surface area contributed by atoms with Gasteiger partial charge in [0.2, 0.25) is 0 Å². The van der Waals surface area contributed by atoms with Crippen molar-refractivity contribution in [2.24, 2.45) is 0 Å². The SMILES string of the molecule is CC(C)(C)c1cc(NS(=O)(=O)c2cncc(Cl)c2)n(C(C)(C)C)n1. The summed E-state index contributed by atoms with van der Waals surface area (Å²) in [6.45, 7) is 12.0. The van der Waals surface area contributed by atoms with Crippen LogP contribution in [0.5, 0.6) is 0 Å². The molecule has 1 N–H and O–H groups in total. The first kappa shape index (κ1) is 18.7. The van der Waals surface area contributed by atoms with Gasteiger partial charge in [-0.2, -0.15) is 5.10 Å². The molecule has 132 valence electrons. The number of nitrogens with zero attached hydrogens (tertiary/aromatic N) is 3. The topological polar surface area (TPSA) is 76.9 Å². The fourth-order valence-corrected chi connectivity index (χ4v) is 3.33. The first-order valence-electron chi connectivity index (χ1n) is 7.55. The normalized spacial score (nSPS) is 13.1. The Labute approximate surface area is 148 Å². The second-order valence-corrected chi connectivity index (χ2v) is 9.81. The van der Waals surface area contributed by atoms with Crippen molar-refractivity contribution < 1.29 is 8.42 Å². The first-order valence-corrected chi connectivity index (χ1v) is 9.41. The molecule has 2 aromatic rings. The number of pyridine rings is 1. The van der Waals surface area contributed by atoms with Crippen LogP contribution in [0, 0.1) is 0 Å². The highest BCUT2D eigenvalue weighted by Gasteiger charge is 2.27. The molecule has 0 spiro atoms. The van der Waals surface area contributed by atoms with Gasteiger partial charge in [-0.25, -0.2) is 13.1 Å². The van der Waals surface area contributed by atoms with Gasteiger partial charge < -0.3 is 0 Å². The van der Waals surface area contributed by atoms with Crippen molar-refractivity contribution in [2.75, 3.05) is 4.72 Å². The smallest absolute Gasteiger partial charge is 0.263 e. The van der Waals surface area contributed by atoms with E-state index in [1.165, 1.54) is 18.5 Å². The van der Waals surface area contributed by atoms with Crippen LogP contribution in [0.1, 0.15) is 47.2 Å². The van der Waals surface area contributed by atoms with Crippen LogP contribution in [0.25, 0.3) is 0 Å². The van der Waals surface area contributed by atoms with E-state index in [-0.39, 0.29) is 20.9 Å². The van der Waals surface area contributed by atoms with Gasteiger partial charge in [0, 0.05) is 23.9 Å². The molecular formula is C16H23ClN4O2S. The molecule has 6 nitrogen and oxygen atoms in total. The van der Waals surface area contributed by atoms with Crippen molar-refractivity contribution in [1.82, 2.24) is 14.8 Å². The average molecular weight is 371 g/mol. The summed E-state index contributed by atoms with van der Waals surface area (Å²) in [6, 6.07) is 3.13. The summed E-state index contributed by atoms with van der Waals surface area (Å²) in [5.74, 6) is 0.410.